The van der Waals surface area contributed by atoms with Gasteiger partial charge < -0.3 is 15.8 Å². The summed E-state index contributed by atoms with van der Waals surface area (Å²) in [7, 11) is 1.55. The summed E-state index contributed by atoms with van der Waals surface area (Å²) in [4.78, 5) is 21.9. The van der Waals surface area contributed by atoms with Crippen LogP contribution in [0, 0.1) is 0 Å². The summed E-state index contributed by atoms with van der Waals surface area (Å²) in [5.41, 5.74) is 4.96. The van der Waals surface area contributed by atoms with Gasteiger partial charge in [-0.2, -0.15) is 0 Å². The fourth-order valence-electron chi connectivity index (χ4n) is 1.42. The number of carbonyl (C=O) groups excluding carboxylic acids is 2. The Bertz CT molecular complexity index is 264. The standard InChI is InChI=1S/C12H22N2O3/c1-3-4-5-6-7-8-10(17-12(13)16)9-11(15)14-2/h4-5,10H,3,6-9H2,1-2H3,(H2,13,16)(H,14,15)/b5-4-. The Morgan fingerprint density at radius 3 is 2.65 bits per heavy atom. The number of hydrogen-bond donors (Lipinski definition) is 2. The van der Waals surface area contributed by atoms with E-state index in [1.54, 1.807) is 7.05 Å². The van der Waals surface area contributed by atoms with Gasteiger partial charge in [-0.15, -0.1) is 0 Å². The Hall–Kier alpha value is -1.52. The number of hydrogen-bond acceptors (Lipinski definition) is 3. The van der Waals surface area contributed by atoms with E-state index in [9.17, 15) is 9.59 Å². The number of carbonyl (C=O) groups is 2. The highest BCUT2D eigenvalue weighted by Gasteiger charge is 2.15. The molecule has 1 unspecified atom stereocenters. The molecule has 17 heavy (non-hydrogen) atoms. The first kappa shape index (κ1) is 15.5. The third-order valence-electron chi connectivity index (χ3n) is 2.27. The summed E-state index contributed by atoms with van der Waals surface area (Å²) in [5.74, 6) is -0.152. The maximum absolute atomic E-state index is 11.2. The number of rotatable bonds is 8. The second-order valence-corrected chi connectivity index (χ2v) is 3.75. The van der Waals surface area contributed by atoms with Crippen molar-refractivity contribution >= 4 is 12.0 Å². The molecule has 1 atom stereocenters. The molecule has 0 fully saturated rings. The highest BCUT2D eigenvalue weighted by molar-refractivity contribution is 5.76. The first-order valence-corrected chi connectivity index (χ1v) is 5.91. The molecule has 0 saturated heterocycles. The lowest BCUT2D eigenvalue weighted by Gasteiger charge is -2.15. The molecule has 0 spiro atoms. The molecule has 0 aromatic rings. The van der Waals surface area contributed by atoms with E-state index < -0.39 is 12.2 Å². The predicted octanol–water partition coefficient (Wildman–Crippen LogP) is 1.72. The van der Waals surface area contributed by atoms with Crippen LogP contribution in [0.1, 0.15) is 39.0 Å². The lowest BCUT2D eigenvalue weighted by atomic mass is 10.1. The topological polar surface area (TPSA) is 81.4 Å². The summed E-state index contributed by atoms with van der Waals surface area (Å²) < 4.78 is 4.88. The number of allylic oxidation sites excluding steroid dienone is 2. The van der Waals surface area contributed by atoms with Crippen molar-refractivity contribution in [1.82, 2.24) is 5.32 Å². The first-order valence-electron chi connectivity index (χ1n) is 5.91. The number of unbranched alkanes of at least 4 members (excludes halogenated alkanes) is 1. The monoisotopic (exact) mass is 242 g/mol. The zero-order valence-electron chi connectivity index (χ0n) is 10.6. The Labute approximate surface area is 102 Å². The van der Waals surface area contributed by atoms with Crippen molar-refractivity contribution in [3.05, 3.63) is 12.2 Å². The van der Waals surface area contributed by atoms with Gasteiger partial charge in [0.1, 0.15) is 6.10 Å². The SMILES string of the molecule is CC/C=C\CCCC(CC(=O)NC)OC(N)=O. The van der Waals surface area contributed by atoms with Crippen molar-refractivity contribution in [1.29, 1.82) is 0 Å². The van der Waals surface area contributed by atoms with Crippen LogP contribution in [0.4, 0.5) is 4.79 Å². The van der Waals surface area contributed by atoms with Gasteiger partial charge in [0.15, 0.2) is 0 Å². The van der Waals surface area contributed by atoms with E-state index >= 15 is 0 Å². The van der Waals surface area contributed by atoms with Gasteiger partial charge in [0.05, 0.1) is 6.42 Å². The fourth-order valence-corrected chi connectivity index (χ4v) is 1.42. The average Bonchev–Trinajstić information content (AvgIpc) is 2.27. The highest BCUT2D eigenvalue weighted by atomic mass is 16.6. The Morgan fingerprint density at radius 2 is 2.12 bits per heavy atom. The summed E-state index contributed by atoms with van der Waals surface area (Å²) in [6.45, 7) is 2.07. The zero-order chi connectivity index (χ0) is 13.1. The van der Waals surface area contributed by atoms with Crippen LogP contribution in [0.5, 0.6) is 0 Å². The number of ether oxygens (including phenoxy) is 1. The molecule has 0 heterocycles. The lowest BCUT2D eigenvalue weighted by molar-refractivity contribution is -0.122. The quantitative estimate of drug-likeness (QED) is 0.502. The van der Waals surface area contributed by atoms with E-state index in [2.05, 4.69) is 24.4 Å². The molecular weight excluding hydrogens is 220 g/mol. The van der Waals surface area contributed by atoms with Crippen LogP contribution in [-0.2, 0) is 9.53 Å². The van der Waals surface area contributed by atoms with Crippen molar-refractivity contribution in [2.24, 2.45) is 5.73 Å². The van der Waals surface area contributed by atoms with Gasteiger partial charge in [-0.25, -0.2) is 4.79 Å². The Balaban J connectivity index is 3.97. The molecule has 0 rings (SSSR count). The van der Waals surface area contributed by atoms with Crippen molar-refractivity contribution in [3.8, 4) is 0 Å². The Morgan fingerprint density at radius 1 is 1.41 bits per heavy atom. The van der Waals surface area contributed by atoms with Gasteiger partial charge in [-0.3, -0.25) is 4.79 Å². The zero-order valence-corrected chi connectivity index (χ0v) is 10.6. The van der Waals surface area contributed by atoms with Gasteiger partial charge in [0.25, 0.3) is 0 Å². The van der Waals surface area contributed by atoms with Gasteiger partial charge in [0.2, 0.25) is 5.91 Å². The molecule has 3 N–H and O–H groups in total. The van der Waals surface area contributed by atoms with Crippen LogP contribution < -0.4 is 11.1 Å². The maximum atomic E-state index is 11.2. The largest absolute Gasteiger partial charge is 0.446 e. The van der Waals surface area contributed by atoms with Gasteiger partial charge in [-0.05, 0) is 25.7 Å². The van der Waals surface area contributed by atoms with Crippen LogP contribution in [-0.4, -0.2) is 25.2 Å². The van der Waals surface area contributed by atoms with Crippen LogP contribution >= 0.6 is 0 Å². The molecule has 98 valence electrons. The van der Waals surface area contributed by atoms with Crippen molar-refractivity contribution in [2.45, 2.75) is 45.1 Å². The average molecular weight is 242 g/mol. The molecule has 2 amide bonds. The first-order chi connectivity index (χ1) is 8.10. The summed E-state index contributed by atoms with van der Waals surface area (Å²) in [5, 5.41) is 2.49. The summed E-state index contributed by atoms with van der Waals surface area (Å²) in [6, 6.07) is 0. The van der Waals surface area contributed by atoms with Crippen molar-refractivity contribution < 1.29 is 14.3 Å². The number of nitrogens with one attached hydrogen (secondary N) is 1. The normalized spacial score (nSPS) is 12.4. The molecule has 0 bridgehead atoms. The molecule has 5 nitrogen and oxygen atoms in total. The molecule has 0 aliphatic heterocycles. The van der Waals surface area contributed by atoms with Crippen molar-refractivity contribution in [3.63, 3.8) is 0 Å². The second kappa shape index (κ2) is 9.69. The molecule has 0 aliphatic rings. The van der Waals surface area contributed by atoms with E-state index in [0.717, 1.165) is 19.3 Å². The third kappa shape index (κ3) is 9.41. The maximum Gasteiger partial charge on any atom is 0.404 e. The number of nitrogens with two attached hydrogens (primary N) is 1. The predicted molar refractivity (Wildman–Crippen MR) is 66.4 cm³/mol. The molecule has 0 aliphatic carbocycles. The number of primary amides is 1. The second-order valence-electron chi connectivity index (χ2n) is 3.75. The fraction of sp³-hybridized carbons (Fsp3) is 0.667. The van der Waals surface area contributed by atoms with E-state index in [-0.39, 0.29) is 12.3 Å². The highest BCUT2D eigenvalue weighted by Crippen LogP contribution is 2.09. The van der Waals surface area contributed by atoms with Crippen LogP contribution in [0.3, 0.4) is 0 Å². The molecule has 0 saturated carbocycles. The third-order valence-corrected chi connectivity index (χ3v) is 2.27. The van der Waals surface area contributed by atoms with E-state index in [0.29, 0.717) is 6.42 Å². The van der Waals surface area contributed by atoms with Crippen LogP contribution in [0.2, 0.25) is 0 Å². The minimum atomic E-state index is -0.831. The lowest BCUT2D eigenvalue weighted by Crippen LogP contribution is -2.29. The molecule has 0 radical (unpaired) electrons. The minimum absolute atomic E-state index is 0.152. The van der Waals surface area contributed by atoms with Gasteiger partial charge in [0, 0.05) is 7.05 Å². The molecule has 0 aromatic carbocycles. The molecular formula is C12H22N2O3. The van der Waals surface area contributed by atoms with Gasteiger partial charge in [-0.1, -0.05) is 19.1 Å². The van der Waals surface area contributed by atoms with Gasteiger partial charge >= 0.3 is 6.09 Å². The molecule has 0 aromatic heterocycles. The number of amides is 2. The summed E-state index contributed by atoms with van der Waals surface area (Å²) in [6.07, 6.45) is 6.52. The van der Waals surface area contributed by atoms with E-state index in [1.165, 1.54) is 0 Å². The van der Waals surface area contributed by atoms with E-state index in [1.807, 2.05) is 0 Å². The Kier molecular flexibility index (Phi) is 8.82. The van der Waals surface area contributed by atoms with E-state index in [4.69, 9.17) is 10.5 Å². The van der Waals surface area contributed by atoms with Crippen LogP contribution in [0.15, 0.2) is 12.2 Å². The smallest absolute Gasteiger partial charge is 0.404 e. The summed E-state index contributed by atoms with van der Waals surface area (Å²) >= 11 is 0. The van der Waals surface area contributed by atoms with Crippen LogP contribution in [0.25, 0.3) is 0 Å². The molecule has 5 heteroatoms. The van der Waals surface area contributed by atoms with Crippen molar-refractivity contribution in [2.75, 3.05) is 7.05 Å². The minimum Gasteiger partial charge on any atom is -0.446 e.